The summed E-state index contributed by atoms with van der Waals surface area (Å²) in [7, 11) is 0. The Morgan fingerprint density at radius 3 is 2.37 bits per heavy atom. The summed E-state index contributed by atoms with van der Waals surface area (Å²) in [6.07, 6.45) is 3.24. The molecular formula is C24H25N3. The second-order valence-corrected chi connectivity index (χ2v) is 7.91. The van der Waals surface area contributed by atoms with Gasteiger partial charge < -0.3 is 9.80 Å². The summed E-state index contributed by atoms with van der Waals surface area (Å²) >= 11 is 0. The van der Waals surface area contributed by atoms with Crippen LogP contribution in [0.25, 0.3) is 0 Å². The predicted octanol–water partition coefficient (Wildman–Crippen LogP) is 6.01. The molecule has 0 radical (unpaired) electrons. The standard InChI is InChI=1S/C24H25N3/c1-4-24(3)17(2)23-26(18-11-6-5-7-12-18)21-15-10-16-25-22(21)27(23)20-14-9-8-13-19(20)24/h5-17,23H,4H2,1-3H3. The Morgan fingerprint density at radius 1 is 0.889 bits per heavy atom. The molecule has 3 unspecified atom stereocenters. The van der Waals surface area contributed by atoms with Gasteiger partial charge in [0.2, 0.25) is 0 Å². The molecule has 0 bridgehead atoms. The van der Waals surface area contributed by atoms with Gasteiger partial charge in [0.1, 0.15) is 6.17 Å². The van der Waals surface area contributed by atoms with E-state index in [1.807, 2.05) is 12.3 Å². The van der Waals surface area contributed by atoms with E-state index >= 15 is 0 Å². The van der Waals surface area contributed by atoms with Crippen LogP contribution in [0.5, 0.6) is 0 Å². The molecule has 27 heavy (non-hydrogen) atoms. The summed E-state index contributed by atoms with van der Waals surface area (Å²) in [5.74, 6) is 1.50. The van der Waals surface area contributed by atoms with E-state index in [4.69, 9.17) is 4.98 Å². The molecule has 0 aliphatic carbocycles. The maximum absolute atomic E-state index is 4.81. The highest BCUT2D eigenvalue weighted by atomic mass is 15.5. The Labute approximate surface area is 161 Å². The molecule has 3 nitrogen and oxygen atoms in total. The second-order valence-electron chi connectivity index (χ2n) is 7.91. The van der Waals surface area contributed by atoms with Gasteiger partial charge in [-0.2, -0.15) is 0 Å². The van der Waals surface area contributed by atoms with E-state index < -0.39 is 0 Å². The number of rotatable bonds is 2. The van der Waals surface area contributed by atoms with Gasteiger partial charge in [0.15, 0.2) is 5.82 Å². The predicted molar refractivity (Wildman–Crippen MR) is 112 cm³/mol. The van der Waals surface area contributed by atoms with Crippen LogP contribution in [0.1, 0.15) is 32.8 Å². The van der Waals surface area contributed by atoms with Crippen molar-refractivity contribution in [1.82, 2.24) is 4.98 Å². The molecule has 3 aromatic rings. The number of nitrogens with zero attached hydrogens (tertiary/aromatic N) is 3. The average Bonchev–Trinajstić information content (AvgIpc) is 3.08. The first kappa shape index (κ1) is 16.4. The smallest absolute Gasteiger partial charge is 0.158 e. The van der Waals surface area contributed by atoms with Gasteiger partial charge in [0.05, 0.1) is 5.69 Å². The van der Waals surface area contributed by atoms with E-state index in [9.17, 15) is 0 Å². The van der Waals surface area contributed by atoms with Crippen LogP contribution < -0.4 is 9.80 Å². The lowest BCUT2D eigenvalue weighted by Crippen LogP contribution is -2.54. The zero-order valence-electron chi connectivity index (χ0n) is 16.1. The summed E-state index contributed by atoms with van der Waals surface area (Å²) in [6.45, 7) is 7.14. The van der Waals surface area contributed by atoms with Crippen molar-refractivity contribution in [2.45, 2.75) is 38.8 Å². The highest BCUT2D eigenvalue weighted by Gasteiger charge is 2.52. The molecule has 2 aliphatic heterocycles. The number of anilines is 4. The van der Waals surface area contributed by atoms with Crippen LogP contribution in [0.15, 0.2) is 72.9 Å². The van der Waals surface area contributed by atoms with Crippen molar-refractivity contribution in [1.29, 1.82) is 0 Å². The van der Waals surface area contributed by atoms with E-state index in [1.165, 1.54) is 22.6 Å². The minimum absolute atomic E-state index is 0.118. The van der Waals surface area contributed by atoms with Crippen LogP contribution in [0, 0.1) is 5.92 Å². The van der Waals surface area contributed by atoms with Gasteiger partial charge in [0, 0.05) is 28.9 Å². The highest BCUT2D eigenvalue weighted by Crippen LogP contribution is 2.57. The Kier molecular flexibility index (Phi) is 3.55. The summed E-state index contributed by atoms with van der Waals surface area (Å²) in [6, 6.07) is 23.9. The summed E-state index contributed by atoms with van der Waals surface area (Å²) in [5.41, 5.74) is 5.26. The van der Waals surface area contributed by atoms with E-state index in [0.717, 1.165) is 12.2 Å². The van der Waals surface area contributed by atoms with E-state index in [1.54, 1.807) is 0 Å². The van der Waals surface area contributed by atoms with Crippen LogP contribution in [0.4, 0.5) is 22.9 Å². The molecule has 0 fully saturated rings. The fourth-order valence-electron chi connectivity index (χ4n) is 4.98. The van der Waals surface area contributed by atoms with Gasteiger partial charge in [-0.25, -0.2) is 4.98 Å². The molecule has 3 heteroatoms. The van der Waals surface area contributed by atoms with Crippen LogP contribution in [0.2, 0.25) is 0 Å². The Bertz CT molecular complexity index is 984. The molecular weight excluding hydrogens is 330 g/mol. The van der Waals surface area contributed by atoms with Gasteiger partial charge in [-0.05, 0) is 42.3 Å². The first-order chi connectivity index (χ1) is 13.2. The van der Waals surface area contributed by atoms with E-state index in [-0.39, 0.29) is 11.6 Å². The summed E-state index contributed by atoms with van der Waals surface area (Å²) in [5, 5.41) is 0. The summed E-state index contributed by atoms with van der Waals surface area (Å²) < 4.78 is 0. The lowest BCUT2D eigenvalue weighted by atomic mass is 9.66. The van der Waals surface area contributed by atoms with Crippen molar-refractivity contribution in [3.63, 3.8) is 0 Å². The van der Waals surface area contributed by atoms with Crippen molar-refractivity contribution in [2.24, 2.45) is 5.92 Å². The number of hydrogen-bond donors (Lipinski definition) is 0. The number of para-hydroxylation sites is 2. The van der Waals surface area contributed by atoms with Gasteiger partial charge in [-0.15, -0.1) is 0 Å². The highest BCUT2D eigenvalue weighted by molar-refractivity contribution is 5.88. The number of fused-ring (bicyclic) bond motifs is 5. The normalized spacial score (nSPS) is 25.7. The van der Waals surface area contributed by atoms with Gasteiger partial charge in [-0.1, -0.05) is 57.2 Å². The van der Waals surface area contributed by atoms with E-state index in [0.29, 0.717) is 5.92 Å². The maximum Gasteiger partial charge on any atom is 0.158 e. The van der Waals surface area contributed by atoms with Crippen molar-refractivity contribution < 1.29 is 0 Å². The monoisotopic (exact) mass is 355 g/mol. The van der Waals surface area contributed by atoms with Crippen LogP contribution >= 0.6 is 0 Å². The molecule has 0 saturated heterocycles. The molecule has 5 rings (SSSR count). The van der Waals surface area contributed by atoms with Crippen molar-refractivity contribution in [2.75, 3.05) is 9.80 Å². The third-order valence-corrected chi connectivity index (χ3v) is 6.78. The fourth-order valence-corrected chi connectivity index (χ4v) is 4.98. The molecule has 0 saturated carbocycles. The van der Waals surface area contributed by atoms with Gasteiger partial charge in [-0.3, -0.25) is 0 Å². The van der Waals surface area contributed by atoms with Gasteiger partial charge >= 0.3 is 0 Å². The van der Waals surface area contributed by atoms with Crippen LogP contribution in [0.3, 0.4) is 0 Å². The number of aromatic nitrogens is 1. The zero-order chi connectivity index (χ0) is 18.6. The van der Waals surface area contributed by atoms with Crippen LogP contribution in [-0.4, -0.2) is 11.1 Å². The Morgan fingerprint density at radius 2 is 1.59 bits per heavy atom. The molecule has 0 amide bonds. The minimum atomic E-state index is 0.118. The van der Waals surface area contributed by atoms with Crippen molar-refractivity contribution >= 4 is 22.9 Å². The number of hydrogen-bond acceptors (Lipinski definition) is 3. The maximum atomic E-state index is 4.81. The first-order valence-corrected chi connectivity index (χ1v) is 9.85. The first-order valence-electron chi connectivity index (χ1n) is 9.85. The molecule has 2 aliphatic rings. The topological polar surface area (TPSA) is 19.4 Å². The Balaban J connectivity index is 1.80. The lowest BCUT2D eigenvalue weighted by molar-refractivity contribution is 0.249. The number of pyridine rings is 1. The molecule has 0 spiro atoms. The quantitative estimate of drug-likeness (QED) is 0.561. The van der Waals surface area contributed by atoms with E-state index in [2.05, 4.69) is 91.2 Å². The third-order valence-electron chi connectivity index (χ3n) is 6.78. The summed E-state index contributed by atoms with van der Waals surface area (Å²) in [4.78, 5) is 9.75. The molecule has 3 atom stereocenters. The fraction of sp³-hybridized carbons (Fsp3) is 0.292. The Hall–Kier alpha value is -2.81. The molecule has 0 N–H and O–H groups in total. The molecule has 1 aromatic heterocycles. The molecule has 136 valence electrons. The molecule has 2 aromatic carbocycles. The third kappa shape index (κ3) is 2.11. The van der Waals surface area contributed by atoms with Gasteiger partial charge in [0.25, 0.3) is 0 Å². The molecule has 3 heterocycles. The number of benzene rings is 2. The lowest BCUT2D eigenvalue weighted by Gasteiger charge is -2.51. The zero-order valence-corrected chi connectivity index (χ0v) is 16.1. The average molecular weight is 355 g/mol. The largest absolute Gasteiger partial charge is 0.317 e. The SMILES string of the molecule is CCC1(C)c2ccccc2N2c3ncccc3N(c3ccccc3)C2C1C. The second kappa shape index (κ2) is 5.85. The van der Waals surface area contributed by atoms with Crippen molar-refractivity contribution in [3.8, 4) is 0 Å². The van der Waals surface area contributed by atoms with Crippen molar-refractivity contribution in [3.05, 3.63) is 78.5 Å². The van der Waals surface area contributed by atoms with Crippen LogP contribution in [-0.2, 0) is 5.41 Å². The minimum Gasteiger partial charge on any atom is -0.317 e.